The third-order valence-electron chi connectivity index (χ3n) is 3.96. The number of anilines is 1. The fraction of sp³-hybridized carbons (Fsp3) is 0.0952. The highest BCUT2D eigenvalue weighted by atomic mass is 16.5. The number of methoxy groups -OCH3 is 1. The first-order valence-electron chi connectivity index (χ1n) is 8.13. The van der Waals surface area contributed by atoms with Crippen molar-refractivity contribution < 1.29 is 14.3 Å². The third kappa shape index (κ3) is 3.95. The SMILES string of the molecule is COC(=O)c1ccc(CN(C(=O)c2ccncc2)c2ccccc2)cc1. The van der Waals surface area contributed by atoms with Crippen LogP contribution in [0.2, 0.25) is 0 Å². The van der Waals surface area contributed by atoms with Crippen molar-refractivity contribution in [3.8, 4) is 0 Å². The average molecular weight is 346 g/mol. The molecule has 3 rings (SSSR count). The van der Waals surface area contributed by atoms with Gasteiger partial charge in [0.25, 0.3) is 5.91 Å². The second-order valence-electron chi connectivity index (χ2n) is 5.65. The molecule has 0 spiro atoms. The molecule has 0 saturated carbocycles. The summed E-state index contributed by atoms with van der Waals surface area (Å²) in [5.41, 5.74) is 2.74. The van der Waals surface area contributed by atoms with Gasteiger partial charge in [-0.15, -0.1) is 0 Å². The minimum absolute atomic E-state index is 0.115. The van der Waals surface area contributed by atoms with Crippen LogP contribution in [0.25, 0.3) is 0 Å². The van der Waals surface area contributed by atoms with Gasteiger partial charge in [0.1, 0.15) is 0 Å². The maximum atomic E-state index is 13.0. The van der Waals surface area contributed by atoms with Crippen molar-refractivity contribution in [1.82, 2.24) is 4.98 Å². The summed E-state index contributed by atoms with van der Waals surface area (Å²) in [7, 11) is 1.35. The monoisotopic (exact) mass is 346 g/mol. The lowest BCUT2D eigenvalue weighted by Crippen LogP contribution is -2.30. The highest BCUT2D eigenvalue weighted by Crippen LogP contribution is 2.20. The first-order chi connectivity index (χ1) is 12.7. The topological polar surface area (TPSA) is 59.5 Å². The van der Waals surface area contributed by atoms with Crippen LogP contribution in [-0.4, -0.2) is 24.0 Å². The van der Waals surface area contributed by atoms with Gasteiger partial charge in [0, 0.05) is 23.6 Å². The molecule has 0 N–H and O–H groups in total. The summed E-state index contributed by atoms with van der Waals surface area (Å²) >= 11 is 0. The van der Waals surface area contributed by atoms with Crippen LogP contribution in [0.4, 0.5) is 5.69 Å². The smallest absolute Gasteiger partial charge is 0.337 e. The number of carbonyl (C=O) groups excluding carboxylic acids is 2. The van der Waals surface area contributed by atoms with E-state index in [-0.39, 0.29) is 11.9 Å². The largest absolute Gasteiger partial charge is 0.465 e. The van der Waals surface area contributed by atoms with E-state index in [0.29, 0.717) is 17.7 Å². The first kappa shape index (κ1) is 17.4. The van der Waals surface area contributed by atoms with E-state index in [1.807, 2.05) is 42.5 Å². The molecule has 0 saturated heterocycles. The minimum atomic E-state index is -0.385. The summed E-state index contributed by atoms with van der Waals surface area (Å²) in [4.78, 5) is 30.2. The molecule has 0 fully saturated rings. The lowest BCUT2D eigenvalue weighted by Gasteiger charge is -2.23. The van der Waals surface area contributed by atoms with E-state index in [2.05, 4.69) is 4.98 Å². The fourth-order valence-electron chi connectivity index (χ4n) is 2.59. The van der Waals surface area contributed by atoms with Crippen LogP contribution in [-0.2, 0) is 11.3 Å². The van der Waals surface area contributed by atoms with E-state index >= 15 is 0 Å². The third-order valence-corrected chi connectivity index (χ3v) is 3.96. The molecule has 0 radical (unpaired) electrons. The number of esters is 1. The molecule has 3 aromatic rings. The fourth-order valence-corrected chi connectivity index (χ4v) is 2.59. The van der Waals surface area contributed by atoms with Gasteiger partial charge in [-0.25, -0.2) is 4.79 Å². The molecular weight excluding hydrogens is 328 g/mol. The lowest BCUT2D eigenvalue weighted by molar-refractivity contribution is 0.0600. The van der Waals surface area contributed by atoms with Crippen molar-refractivity contribution in [2.24, 2.45) is 0 Å². The summed E-state index contributed by atoms with van der Waals surface area (Å²) < 4.78 is 4.71. The molecule has 0 bridgehead atoms. The molecule has 5 heteroatoms. The van der Waals surface area contributed by atoms with E-state index in [0.717, 1.165) is 11.3 Å². The zero-order chi connectivity index (χ0) is 18.4. The van der Waals surface area contributed by atoms with Gasteiger partial charge >= 0.3 is 5.97 Å². The van der Waals surface area contributed by atoms with E-state index in [1.54, 1.807) is 41.6 Å². The summed E-state index contributed by atoms with van der Waals surface area (Å²) in [5.74, 6) is -0.500. The number of nitrogens with zero attached hydrogens (tertiary/aromatic N) is 2. The van der Waals surface area contributed by atoms with Crippen LogP contribution in [0.5, 0.6) is 0 Å². The second-order valence-corrected chi connectivity index (χ2v) is 5.65. The number of aromatic nitrogens is 1. The Hall–Kier alpha value is -3.47. The average Bonchev–Trinajstić information content (AvgIpc) is 2.72. The molecule has 0 aliphatic heterocycles. The van der Waals surface area contributed by atoms with Crippen LogP contribution in [0, 0.1) is 0 Å². The summed E-state index contributed by atoms with van der Waals surface area (Å²) in [6, 6.07) is 19.9. The van der Waals surface area contributed by atoms with E-state index < -0.39 is 0 Å². The highest BCUT2D eigenvalue weighted by molar-refractivity contribution is 6.05. The molecule has 0 atom stereocenters. The molecule has 130 valence electrons. The molecule has 1 amide bonds. The van der Waals surface area contributed by atoms with Crippen LogP contribution in [0.15, 0.2) is 79.1 Å². The Morgan fingerprint density at radius 2 is 1.54 bits per heavy atom. The molecule has 0 aliphatic rings. The maximum Gasteiger partial charge on any atom is 0.337 e. The summed E-state index contributed by atoms with van der Waals surface area (Å²) in [6.45, 7) is 0.382. The molecule has 26 heavy (non-hydrogen) atoms. The van der Waals surface area contributed by atoms with Crippen molar-refractivity contribution in [1.29, 1.82) is 0 Å². The number of benzene rings is 2. The van der Waals surface area contributed by atoms with Crippen molar-refractivity contribution in [3.05, 3.63) is 95.8 Å². The van der Waals surface area contributed by atoms with Gasteiger partial charge in [-0.05, 0) is 42.0 Å². The molecule has 1 aromatic heterocycles. The quantitative estimate of drug-likeness (QED) is 0.661. The Morgan fingerprint density at radius 1 is 0.885 bits per heavy atom. The zero-order valence-corrected chi connectivity index (χ0v) is 14.3. The van der Waals surface area contributed by atoms with E-state index in [1.165, 1.54) is 7.11 Å². The number of rotatable bonds is 5. The molecule has 0 aliphatic carbocycles. The molecule has 1 heterocycles. The zero-order valence-electron chi connectivity index (χ0n) is 14.3. The number of hydrogen-bond donors (Lipinski definition) is 0. The van der Waals surface area contributed by atoms with E-state index in [4.69, 9.17) is 4.74 Å². The summed E-state index contributed by atoms with van der Waals surface area (Å²) in [6.07, 6.45) is 3.20. The van der Waals surface area contributed by atoms with Crippen LogP contribution >= 0.6 is 0 Å². The standard InChI is InChI=1S/C21H18N2O3/c1-26-21(25)18-9-7-16(8-10-18)15-23(19-5-3-2-4-6-19)20(24)17-11-13-22-14-12-17/h2-14H,15H2,1H3. The van der Waals surface area contributed by atoms with Crippen LogP contribution in [0.3, 0.4) is 0 Å². The Balaban J connectivity index is 1.89. The number of ether oxygens (including phenoxy) is 1. The maximum absolute atomic E-state index is 13.0. The number of pyridine rings is 1. The van der Waals surface area contributed by atoms with Crippen molar-refractivity contribution in [2.75, 3.05) is 12.0 Å². The molecular formula is C21H18N2O3. The van der Waals surface area contributed by atoms with Gasteiger partial charge in [-0.2, -0.15) is 0 Å². The molecule has 5 nitrogen and oxygen atoms in total. The van der Waals surface area contributed by atoms with Crippen molar-refractivity contribution >= 4 is 17.6 Å². The summed E-state index contributed by atoms with van der Waals surface area (Å²) in [5, 5.41) is 0. The number of carbonyl (C=O) groups is 2. The van der Waals surface area contributed by atoms with Crippen molar-refractivity contribution in [2.45, 2.75) is 6.54 Å². The second kappa shape index (κ2) is 8.07. The highest BCUT2D eigenvalue weighted by Gasteiger charge is 2.18. The van der Waals surface area contributed by atoms with Crippen LogP contribution in [0.1, 0.15) is 26.3 Å². The number of para-hydroxylation sites is 1. The molecule has 0 unspecified atom stereocenters. The number of hydrogen-bond acceptors (Lipinski definition) is 4. The normalized spacial score (nSPS) is 10.2. The van der Waals surface area contributed by atoms with Gasteiger partial charge in [-0.1, -0.05) is 30.3 Å². The van der Waals surface area contributed by atoms with Gasteiger partial charge < -0.3 is 9.64 Å². The van der Waals surface area contributed by atoms with Crippen LogP contribution < -0.4 is 4.90 Å². The van der Waals surface area contributed by atoms with Gasteiger partial charge in [-0.3, -0.25) is 9.78 Å². The first-order valence-corrected chi connectivity index (χ1v) is 8.13. The minimum Gasteiger partial charge on any atom is -0.465 e. The van der Waals surface area contributed by atoms with Gasteiger partial charge in [0.2, 0.25) is 0 Å². The van der Waals surface area contributed by atoms with Crippen molar-refractivity contribution in [3.63, 3.8) is 0 Å². The lowest BCUT2D eigenvalue weighted by atomic mass is 10.1. The Labute approximate surface area is 151 Å². The van der Waals surface area contributed by atoms with E-state index in [9.17, 15) is 9.59 Å². The Kier molecular flexibility index (Phi) is 5.39. The Bertz CT molecular complexity index is 878. The predicted octanol–water partition coefficient (Wildman–Crippen LogP) is 3.72. The van der Waals surface area contributed by atoms with Gasteiger partial charge in [0.05, 0.1) is 19.2 Å². The Morgan fingerprint density at radius 3 is 2.15 bits per heavy atom. The molecule has 2 aromatic carbocycles. The predicted molar refractivity (Wildman–Crippen MR) is 99.0 cm³/mol. The number of amides is 1. The van der Waals surface area contributed by atoms with Gasteiger partial charge in [0.15, 0.2) is 0 Å².